The highest BCUT2D eigenvalue weighted by atomic mass is 15.3. The van der Waals surface area contributed by atoms with Gasteiger partial charge in [0.25, 0.3) is 0 Å². The van der Waals surface area contributed by atoms with E-state index >= 15 is 0 Å². The van der Waals surface area contributed by atoms with E-state index in [-0.39, 0.29) is 0 Å². The van der Waals surface area contributed by atoms with Gasteiger partial charge >= 0.3 is 0 Å². The van der Waals surface area contributed by atoms with E-state index in [9.17, 15) is 0 Å². The van der Waals surface area contributed by atoms with Crippen LogP contribution in [0, 0.1) is 0 Å². The lowest BCUT2D eigenvalue weighted by atomic mass is 10.2. The molecule has 0 saturated heterocycles. The van der Waals surface area contributed by atoms with Crippen LogP contribution in [0.15, 0.2) is 11.4 Å². The molecule has 36 heavy (non-hydrogen) atoms. The summed E-state index contributed by atoms with van der Waals surface area (Å²) in [6.07, 6.45) is 24.2. The molecule has 1 aliphatic rings. The third-order valence-corrected chi connectivity index (χ3v) is 7.97. The summed E-state index contributed by atoms with van der Waals surface area (Å²) in [5.74, 6) is 0. The van der Waals surface area contributed by atoms with Gasteiger partial charge in [-0.25, -0.2) is 0 Å². The molecule has 3 nitrogen and oxygen atoms in total. The van der Waals surface area contributed by atoms with Gasteiger partial charge in [-0.2, -0.15) is 0 Å². The Balaban J connectivity index is 3.20. The van der Waals surface area contributed by atoms with Crippen molar-refractivity contribution in [2.24, 2.45) is 0 Å². The number of unbranched alkanes of at least 4 members (excludes halogenated alkanes) is 12. The molecular weight excluding hydrogens is 438 g/mol. The topological polar surface area (TPSA) is 9.72 Å². The van der Waals surface area contributed by atoms with Crippen molar-refractivity contribution in [3.63, 3.8) is 0 Å². The molecule has 0 aromatic rings. The number of rotatable bonds is 27. The van der Waals surface area contributed by atoms with Crippen molar-refractivity contribution in [3.05, 3.63) is 11.4 Å². The van der Waals surface area contributed by atoms with Gasteiger partial charge in [0, 0.05) is 26.2 Å². The number of hydrogen-bond acceptors (Lipinski definition) is 3. The van der Waals surface area contributed by atoms with E-state index in [4.69, 9.17) is 0 Å². The van der Waals surface area contributed by atoms with Crippen LogP contribution >= 0.6 is 0 Å². The van der Waals surface area contributed by atoms with Crippen molar-refractivity contribution in [1.29, 1.82) is 0 Å². The summed E-state index contributed by atoms with van der Waals surface area (Å²) in [6.45, 7) is 21.7. The summed E-state index contributed by atoms with van der Waals surface area (Å²) in [7, 11) is 0. The lowest BCUT2D eigenvalue weighted by Crippen LogP contribution is -2.36. The Morgan fingerprint density at radius 2 is 0.611 bits per heavy atom. The van der Waals surface area contributed by atoms with Crippen molar-refractivity contribution in [2.45, 2.75) is 163 Å². The minimum Gasteiger partial charge on any atom is -0.372 e. The van der Waals surface area contributed by atoms with E-state index in [2.05, 4.69) is 56.2 Å². The predicted molar refractivity (Wildman–Crippen MR) is 163 cm³/mol. The van der Waals surface area contributed by atoms with E-state index in [1.165, 1.54) is 155 Å². The molecule has 0 saturated carbocycles. The molecule has 0 spiro atoms. The standard InChI is InChI=1S/C33H67N3/c1-7-13-19-25-34(26-20-14-8-2)31-32(35(27-21-15-9-3)28-22-16-10-4)33(31)36(29-23-17-11-5)30-24-18-12-6/h31H,7-30H2,1-6H3. The maximum absolute atomic E-state index is 2.91. The van der Waals surface area contributed by atoms with Crippen LogP contribution in [-0.4, -0.2) is 60.0 Å². The van der Waals surface area contributed by atoms with Crippen LogP contribution < -0.4 is 0 Å². The molecule has 1 rings (SSSR count). The molecule has 0 bridgehead atoms. The van der Waals surface area contributed by atoms with E-state index in [0.717, 1.165) is 0 Å². The van der Waals surface area contributed by atoms with Crippen LogP contribution in [-0.2, 0) is 0 Å². The van der Waals surface area contributed by atoms with Gasteiger partial charge in [0.05, 0.1) is 17.4 Å². The molecule has 0 unspecified atom stereocenters. The fourth-order valence-corrected chi connectivity index (χ4v) is 5.62. The zero-order valence-electron chi connectivity index (χ0n) is 25.9. The Hall–Kier alpha value is -0.700. The van der Waals surface area contributed by atoms with Crippen molar-refractivity contribution in [2.75, 3.05) is 39.3 Å². The lowest BCUT2D eigenvalue weighted by molar-refractivity contribution is 0.216. The van der Waals surface area contributed by atoms with Crippen LogP contribution in [0.25, 0.3) is 0 Å². The molecule has 0 aromatic heterocycles. The van der Waals surface area contributed by atoms with Crippen LogP contribution in [0.2, 0.25) is 0 Å². The lowest BCUT2D eigenvalue weighted by Gasteiger charge is -2.29. The molecular formula is C33H67N3. The summed E-state index contributed by atoms with van der Waals surface area (Å²) < 4.78 is 0. The second-order valence-electron chi connectivity index (χ2n) is 11.4. The molecule has 3 heteroatoms. The first-order valence-electron chi connectivity index (χ1n) is 16.7. The molecule has 0 N–H and O–H groups in total. The molecule has 0 amide bonds. The minimum atomic E-state index is 0.602. The third kappa shape index (κ3) is 13.2. The average molecular weight is 506 g/mol. The smallest absolute Gasteiger partial charge is 0.0939 e. The van der Waals surface area contributed by atoms with Gasteiger partial charge in [0.2, 0.25) is 0 Å². The molecule has 1 aliphatic carbocycles. The van der Waals surface area contributed by atoms with Gasteiger partial charge in [-0.05, 0) is 51.6 Å². The normalized spacial score (nSPS) is 13.8. The predicted octanol–water partition coefficient (Wildman–Crippen LogP) is 9.63. The van der Waals surface area contributed by atoms with Crippen molar-refractivity contribution in [3.8, 4) is 0 Å². The van der Waals surface area contributed by atoms with Gasteiger partial charge in [0.1, 0.15) is 0 Å². The summed E-state index contributed by atoms with van der Waals surface area (Å²) in [5, 5.41) is 0. The van der Waals surface area contributed by atoms with Gasteiger partial charge in [-0.15, -0.1) is 0 Å². The minimum absolute atomic E-state index is 0.602. The Morgan fingerprint density at radius 3 is 0.861 bits per heavy atom. The van der Waals surface area contributed by atoms with Crippen molar-refractivity contribution >= 4 is 0 Å². The van der Waals surface area contributed by atoms with Gasteiger partial charge < -0.3 is 9.80 Å². The molecule has 0 radical (unpaired) electrons. The monoisotopic (exact) mass is 506 g/mol. The van der Waals surface area contributed by atoms with E-state index in [1.54, 1.807) is 11.4 Å². The fraction of sp³-hybridized carbons (Fsp3) is 0.939. The van der Waals surface area contributed by atoms with Gasteiger partial charge in [0.15, 0.2) is 0 Å². The molecule has 0 aliphatic heterocycles. The summed E-state index contributed by atoms with van der Waals surface area (Å²) >= 11 is 0. The molecule has 0 atom stereocenters. The Labute approximate surface area is 228 Å². The number of hydrogen-bond donors (Lipinski definition) is 0. The van der Waals surface area contributed by atoms with Crippen LogP contribution in [0.4, 0.5) is 0 Å². The number of nitrogens with zero attached hydrogens (tertiary/aromatic N) is 3. The second-order valence-corrected chi connectivity index (χ2v) is 11.4. The average Bonchev–Trinajstić information content (AvgIpc) is 3.61. The maximum atomic E-state index is 2.91. The first kappa shape index (κ1) is 33.3. The SMILES string of the molecule is CCCCCN(CCCCC)C1=C(N(CCCCC)CCCCC)C1N(CCCCC)CCCCC. The molecule has 0 aromatic carbocycles. The summed E-state index contributed by atoms with van der Waals surface area (Å²) in [4.78, 5) is 8.64. The molecule has 0 heterocycles. The van der Waals surface area contributed by atoms with Crippen LogP contribution in [0.3, 0.4) is 0 Å². The quantitative estimate of drug-likeness (QED) is 0.103. The Morgan fingerprint density at radius 1 is 0.361 bits per heavy atom. The van der Waals surface area contributed by atoms with Gasteiger partial charge in [-0.1, -0.05) is 119 Å². The zero-order valence-corrected chi connectivity index (χ0v) is 25.9. The van der Waals surface area contributed by atoms with E-state index in [1.807, 2.05) is 0 Å². The zero-order chi connectivity index (χ0) is 26.4. The Kier molecular flexibility index (Phi) is 20.6. The van der Waals surface area contributed by atoms with Crippen LogP contribution in [0.5, 0.6) is 0 Å². The first-order valence-corrected chi connectivity index (χ1v) is 16.7. The summed E-state index contributed by atoms with van der Waals surface area (Å²) in [6, 6.07) is 0.602. The van der Waals surface area contributed by atoms with E-state index in [0.29, 0.717) is 6.04 Å². The third-order valence-electron chi connectivity index (χ3n) is 7.97. The highest BCUT2D eigenvalue weighted by Gasteiger charge is 2.46. The first-order chi connectivity index (χ1) is 17.7. The molecule has 214 valence electrons. The Bertz CT molecular complexity index is 465. The van der Waals surface area contributed by atoms with Crippen LogP contribution in [0.1, 0.15) is 157 Å². The highest BCUT2D eigenvalue weighted by Crippen LogP contribution is 2.43. The van der Waals surface area contributed by atoms with E-state index < -0.39 is 0 Å². The van der Waals surface area contributed by atoms with Crippen molar-refractivity contribution < 1.29 is 0 Å². The fourth-order valence-electron chi connectivity index (χ4n) is 5.62. The van der Waals surface area contributed by atoms with Gasteiger partial charge in [-0.3, -0.25) is 4.90 Å². The van der Waals surface area contributed by atoms with Crippen molar-refractivity contribution in [1.82, 2.24) is 14.7 Å². The maximum Gasteiger partial charge on any atom is 0.0939 e. The molecule has 0 fully saturated rings. The highest BCUT2D eigenvalue weighted by molar-refractivity contribution is 5.45. The largest absolute Gasteiger partial charge is 0.372 e. The second kappa shape index (κ2) is 22.3. The summed E-state index contributed by atoms with van der Waals surface area (Å²) in [5.41, 5.74) is 3.48.